The lowest BCUT2D eigenvalue weighted by atomic mass is 10.4. The van der Waals surface area contributed by atoms with Crippen LogP contribution in [0.1, 0.15) is 17.0 Å². The molecule has 0 bridgehead atoms. The highest BCUT2D eigenvalue weighted by Gasteiger charge is 2.20. The molecular formula is C8H7F2N5O. The number of carbonyl (C=O) groups is 1. The maximum Gasteiger partial charge on any atom is 0.334 e. The van der Waals surface area contributed by atoms with E-state index in [4.69, 9.17) is 5.73 Å². The van der Waals surface area contributed by atoms with Crippen LogP contribution in [0, 0.1) is 0 Å². The van der Waals surface area contributed by atoms with Gasteiger partial charge in [-0.05, 0) is 0 Å². The maximum absolute atomic E-state index is 12.5. The lowest BCUT2D eigenvalue weighted by molar-refractivity contribution is 0.0513. The largest absolute Gasteiger partial charge is 0.382 e. The van der Waals surface area contributed by atoms with Crippen LogP contribution in [0.3, 0.4) is 0 Å². The Morgan fingerprint density at radius 1 is 1.50 bits per heavy atom. The fraction of sp³-hybridized carbons (Fsp3) is 0.125. The normalized spacial score (nSPS) is 10.9. The molecule has 0 unspecified atom stereocenters. The fourth-order valence-corrected chi connectivity index (χ4v) is 1.23. The van der Waals surface area contributed by atoms with Crippen LogP contribution in [0.25, 0.3) is 0 Å². The van der Waals surface area contributed by atoms with Crippen LogP contribution >= 0.6 is 0 Å². The zero-order valence-corrected chi connectivity index (χ0v) is 7.92. The molecule has 0 aliphatic carbocycles. The van der Waals surface area contributed by atoms with Crippen molar-refractivity contribution >= 4 is 11.7 Å². The molecule has 0 amide bonds. The van der Waals surface area contributed by atoms with Gasteiger partial charge >= 0.3 is 6.55 Å². The van der Waals surface area contributed by atoms with E-state index in [2.05, 4.69) is 10.1 Å². The summed E-state index contributed by atoms with van der Waals surface area (Å²) in [5.74, 6) is -0.800. The molecule has 0 radical (unpaired) electrons. The SMILES string of the molecule is Nc1cc(C(=O)n2ccnc2)n(C(F)F)n1. The van der Waals surface area contributed by atoms with Crippen LogP contribution in [0.4, 0.5) is 14.6 Å². The van der Waals surface area contributed by atoms with Crippen LogP contribution in [-0.2, 0) is 0 Å². The van der Waals surface area contributed by atoms with E-state index in [1.807, 2.05) is 0 Å². The third-order valence-corrected chi connectivity index (χ3v) is 1.90. The Bertz CT molecular complexity index is 504. The van der Waals surface area contributed by atoms with Crippen molar-refractivity contribution in [3.63, 3.8) is 0 Å². The Labute approximate surface area is 88.3 Å². The first-order chi connectivity index (χ1) is 7.59. The van der Waals surface area contributed by atoms with Gasteiger partial charge in [0, 0.05) is 18.5 Å². The molecule has 0 spiro atoms. The molecule has 2 N–H and O–H groups in total. The zero-order valence-electron chi connectivity index (χ0n) is 7.92. The first-order valence-electron chi connectivity index (χ1n) is 4.25. The predicted octanol–water partition coefficient (Wildman–Crippen LogP) is 0.745. The molecule has 0 saturated carbocycles. The van der Waals surface area contributed by atoms with Gasteiger partial charge in [0.2, 0.25) is 0 Å². The number of anilines is 1. The van der Waals surface area contributed by atoms with E-state index in [9.17, 15) is 13.6 Å². The van der Waals surface area contributed by atoms with E-state index < -0.39 is 12.5 Å². The molecule has 6 nitrogen and oxygen atoms in total. The van der Waals surface area contributed by atoms with Crippen molar-refractivity contribution in [2.45, 2.75) is 6.55 Å². The quantitative estimate of drug-likeness (QED) is 0.820. The van der Waals surface area contributed by atoms with E-state index in [1.54, 1.807) is 0 Å². The second-order valence-electron chi connectivity index (χ2n) is 2.95. The second kappa shape index (κ2) is 3.72. The third-order valence-electron chi connectivity index (χ3n) is 1.90. The van der Waals surface area contributed by atoms with Crippen molar-refractivity contribution in [1.29, 1.82) is 0 Å². The first-order valence-corrected chi connectivity index (χ1v) is 4.25. The Morgan fingerprint density at radius 3 is 2.81 bits per heavy atom. The number of halogens is 2. The van der Waals surface area contributed by atoms with Crippen molar-refractivity contribution in [3.8, 4) is 0 Å². The van der Waals surface area contributed by atoms with Crippen molar-refractivity contribution < 1.29 is 13.6 Å². The minimum absolute atomic E-state index is 0.135. The summed E-state index contributed by atoms with van der Waals surface area (Å²) >= 11 is 0. The molecule has 2 heterocycles. The van der Waals surface area contributed by atoms with Gasteiger partial charge in [0.05, 0.1) is 0 Å². The number of nitrogens with zero attached hydrogens (tertiary/aromatic N) is 4. The van der Waals surface area contributed by atoms with Gasteiger partial charge < -0.3 is 5.73 Å². The molecule has 0 atom stereocenters. The minimum atomic E-state index is -2.92. The smallest absolute Gasteiger partial charge is 0.334 e. The molecule has 2 rings (SSSR count). The molecule has 0 saturated heterocycles. The van der Waals surface area contributed by atoms with Crippen molar-refractivity contribution in [1.82, 2.24) is 19.3 Å². The number of aromatic nitrogens is 4. The summed E-state index contributed by atoms with van der Waals surface area (Å²) in [7, 11) is 0. The molecule has 0 aliphatic heterocycles. The number of nitrogens with two attached hydrogens (primary N) is 1. The van der Waals surface area contributed by atoms with Gasteiger partial charge in [-0.1, -0.05) is 0 Å². The molecule has 0 aliphatic rings. The standard InChI is InChI=1S/C8H7F2N5O/c9-8(10)15-5(3-6(11)13-15)7(16)14-2-1-12-4-14/h1-4,8H,(H2,11,13). The molecule has 2 aromatic rings. The van der Waals surface area contributed by atoms with Gasteiger partial charge in [-0.2, -0.15) is 13.5 Å². The lowest BCUT2D eigenvalue weighted by Gasteiger charge is -2.04. The summed E-state index contributed by atoms with van der Waals surface area (Å²) in [5, 5.41) is 3.33. The number of imidazole rings is 1. The van der Waals surface area contributed by atoms with E-state index in [-0.39, 0.29) is 16.2 Å². The van der Waals surface area contributed by atoms with Gasteiger partial charge in [0.15, 0.2) is 0 Å². The van der Waals surface area contributed by atoms with Gasteiger partial charge in [0.25, 0.3) is 5.91 Å². The fourth-order valence-electron chi connectivity index (χ4n) is 1.23. The van der Waals surface area contributed by atoms with Gasteiger partial charge in [-0.3, -0.25) is 9.36 Å². The Hall–Kier alpha value is -2.25. The highest BCUT2D eigenvalue weighted by molar-refractivity contribution is 5.94. The van der Waals surface area contributed by atoms with E-state index >= 15 is 0 Å². The molecule has 8 heteroatoms. The Morgan fingerprint density at radius 2 is 2.25 bits per heavy atom. The number of hydrogen-bond donors (Lipinski definition) is 1. The predicted molar refractivity (Wildman–Crippen MR) is 49.8 cm³/mol. The molecule has 2 aromatic heterocycles. The summed E-state index contributed by atoms with van der Waals surface area (Å²) in [6.07, 6.45) is 3.92. The molecule has 0 fully saturated rings. The van der Waals surface area contributed by atoms with E-state index in [0.29, 0.717) is 0 Å². The summed E-state index contributed by atoms with van der Waals surface area (Å²) in [5.41, 5.74) is 4.98. The Balaban J connectivity index is 2.44. The number of nitrogen functional groups attached to an aromatic ring is 1. The van der Waals surface area contributed by atoms with Gasteiger partial charge in [0.1, 0.15) is 17.8 Å². The molecule has 0 aromatic carbocycles. The average Bonchev–Trinajstić information content (AvgIpc) is 2.84. The summed E-state index contributed by atoms with van der Waals surface area (Å²) in [6, 6.07) is 1.09. The van der Waals surface area contributed by atoms with Gasteiger partial charge in [-0.25, -0.2) is 4.98 Å². The molecular weight excluding hydrogens is 220 g/mol. The van der Waals surface area contributed by atoms with E-state index in [0.717, 1.165) is 10.6 Å². The summed E-state index contributed by atoms with van der Waals surface area (Å²) in [4.78, 5) is 15.4. The Kier molecular flexibility index (Phi) is 2.39. The minimum Gasteiger partial charge on any atom is -0.382 e. The number of rotatable bonds is 2. The van der Waals surface area contributed by atoms with Crippen LogP contribution in [0.5, 0.6) is 0 Å². The topological polar surface area (TPSA) is 78.7 Å². The second-order valence-corrected chi connectivity index (χ2v) is 2.95. The van der Waals surface area contributed by atoms with E-state index in [1.165, 1.54) is 18.7 Å². The number of hydrogen-bond acceptors (Lipinski definition) is 4. The van der Waals surface area contributed by atoms with Crippen LogP contribution < -0.4 is 5.73 Å². The summed E-state index contributed by atoms with van der Waals surface area (Å²) < 4.78 is 26.4. The zero-order chi connectivity index (χ0) is 11.7. The van der Waals surface area contributed by atoms with Crippen molar-refractivity contribution in [3.05, 3.63) is 30.5 Å². The average molecular weight is 227 g/mol. The number of alkyl halides is 2. The highest BCUT2D eigenvalue weighted by atomic mass is 19.3. The highest BCUT2D eigenvalue weighted by Crippen LogP contribution is 2.16. The van der Waals surface area contributed by atoms with Crippen molar-refractivity contribution in [2.75, 3.05) is 5.73 Å². The van der Waals surface area contributed by atoms with Crippen LogP contribution in [-0.4, -0.2) is 25.2 Å². The monoisotopic (exact) mass is 227 g/mol. The maximum atomic E-state index is 12.5. The summed E-state index contributed by atoms with van der Waals surface area (Å²) in [6.45, 7) is -2.92. The van der Waals surface area contributed by atoms with Crippen LogP contribution in [0.15, 0.2) is 24.8 Å². The molecule has 16 heavy (non-hydrogen) atoms. The third kappa shape index (κ3) is 1.64. The lowest BCUT2D eigenvalue weighted by Crippen LogP contribution is -2.16. The molecule has 84 valence electrons. The van der Waals surface area contributed by atoms with Crippen molar-refractivity contribution in [2.24, 2.45) is 0 Å². The van der Waals surface area contributed by atoms with Crippen LogP contribution in [0.2, 0.25) is 0 Å². The first kappa shape index (κ1) is 10.3. The van der Waals surface area contributed by atoms with Gasteiger partial charge in [-0.15, -0.1) is 5.10 Å². The number of carbonyl (C=O) groups excluding carboxylic acids is 1.